The maximum Gasteiger partial charge on any atom is 0.348 e. The van der Waals surface area contributed by atoms with E-state index in [2.05, 4.69) is 29.6 Å². The van der Waals surface area contributed by atoms with E-state index >= 15 is 0 Å². The van der Waals surface area contributed by atoms with Crippen LogP contribution in [-0.2, 0) is 54.4 Å². The van der Waals surface area contributed by atoms with Gasteiger partial charge in [0.1, 0.15) is 33.5 Å². The molecular weight excluding hydrogens is 837 g/mol. The van der Waals surface area contributed by atoms with Crippen LogP contribution < -0.4 is 20.5 Å². The van der Waals surface area contributed by atoms with Crippen molar-refractivity contribution in [3.05, 3.63) is 34.2 Å². The van der Waals surface area contributed by atoms with Crippen molar-refractivity contribution in [2.75, 3.05) is 134 Å². The van der Waals surface area contributed by atoms with Crippen molar-refractivity contribution in [2.45, 2.75) is 46.8 Å². The van der Waals surface area contributed by atoms with Gasteiger partial charge in [0, 0.05) is 36.8 Å². The van der Waals surface area contributed by atoms with Crippen molar-refractivity contribution in [2.24, 2.45) is 0 Å². The van der Waals surface area contributed by atoms with E-state index in [1.807, 2.05) is 19.1 Å². The van der Waals surface area contributed by atoms with Crippen molar-refractivity contribution in [1.82, 2.24) is 0 Å². The first-order valence-corrected chi connectivity index (χ1v) is 23.6. The molecule has 1 aromatic heterocycles. The van der Waals surface area contributed by atoms with Gasteiger partial charge in [0.25, 0.3) is 20.2 Å². The highest BCUT2D eigenvalue weighted by Crippen LogP contribution is 2.37. The summed E-state index contributed by atoms with van der Waals surface area (Å²) in [5, 5.41) is 0.0685. The van der Waals surface area contributed by atoms with Gasteiger partial charge >= 0.3 is 11.9 Å². The minimum absolute atomic E-state index is 0.00236. The summed E-state index contributed by atoms with van der Waals surface area (Å²) in [6.45, 7) is 17.1. The minimum Gasteiger partial charge on any atom is -0.494 e. The lowest BCUT2D eigenvalue weighted by Crippen LogP contribution is -2.50. The van der Waals surface area contributed by atoms with Gasteiger partial charge in [-0.15, -0.1) is 11.3 Å². The summed E-state index contributed by atoms with van der Waals surface area (Å²) in [4.78, 5) is 27.6. The number of carbonyl (C=O) groups excluding carboxylic acids is 2. The summed E-state index contributed by atoms with van der Waals surface area (Å²) in [7, 11) is -7.11. The molecular formula is C37H63N4O15S3+. The Bertz CT molecular complexity index is 1790. The first kappa shape index (κ1) is 51.8. The molecule has 338 valence electrons. The van der Waals surface area contributed by atoms with Crippen LogP contribution in [0.15, 0.2) is 18.2 Å². The molecule has 0 fully saturated rings. The molecule has 0 aliphatic rings. The summed E-state index contributed by atoms with van der Waals surface area (Å²) in [5.74, 6) is -2.54. The second-order valence-corrected chi connectivity index (χ2v) is 17.1. The molecule has 0 amide bonds. The van der Waals surface area contributed by atoms with Crippen molar-refractivity contribution in [1.29, 1.82) is 0 Å². The highest BCUT2D eigenvalue weighted by atomic mass is 32.2. The number of quaternary nitrogens is 1. The molecule has 0 saturated carbocycles. The molecule has 59 heavy (non-hydrogen) atoms. The number of hydrogen-bond acceptors (Lipinski definition) is 17. The molecule has 1 aromatic carbocycles. The van der Waals surface area contributed by atoms with E-state index in [9.17, 15) is 31.0 Å². The lowest BCUT2D eigenvalue weighted by atomic mass is 10.1. The van der Waals surface area contributed by atoms with Crippen molar-refractivity contribution in [3.63, 3.8) is 0 Å². The zero-order valence-electron chi connectivity index (χ0n) is 35.0. The molecule has 19 nitrogen and oxygen atoms in total. The monoisotopic (exact) mass is 899 g/mol. The average molecular weight is 900 g/mol. The van der Waals surface area contributed by atoms with Gasteiger partial charge in [-0.3, -0.25) is 20.0 Å². The Labute approximate surface area is 352 Å². The molecule has 1 heterocycles. The number of hydrogen-bond donors (Lipinski definition) is 4. The van der Waals surface area contributed by atoms with Crippen LogP contribution in [0.2, 0.25) is 0 Å². The Morgan fingerprint density at radius 1 is 0.763 bits per heavy atom. The molecule has 2 rings (SSSR count). The number of benzene rings is 1. The molecule has 22 heteroatoms. The van der Waals surface area contributed by atoms with E-state index in [1.165, 1.54) is 7.11 Å². The molecule has 0 unspecified atom stereocenters. The Hall–Kier alpha value is -3.32. The lowest BCUT2D eigenvalue weighted by molar-refractivity contribution is -0.925. The number of methoxy groups -OCH3 is 1. The summed E-state index contributed by atoms with van der Waals surface area (Å²) in [6.07, 6.45) is 0.399. The van der Waals surface area contributed by atoms with Crippen LogP contribution in [0.4, 0.5) is 16.4 Å². The van der Waals surface area contributed by atoms with Crippen LogP contribution in [0.1, 0.15) is 66.6 Å². The highest BCUT2D eigenvalue weighted by molar-refractivity contribution is 7.85. The number of ether oxygens (including phenoxy) is 7. The second kappa shape index (κ2) is 26.8. The highest BCUT2D eigenvalue weighted by Gasteiger charge is 2.31. The Balaban J connectivity index is 1.81. The molecule has 4 N–H and O–H groups in total. The molecule has 0 radical (unpaired) electrons. The van der Waals surface area contributed by atoms with Gasteiger partial charge < -0.3 is 42.5 Å². The van der Waals surface area contributed by atoms with Gasteiger partial charge in [-0.2, -0.15) is 16.8 Å². The normalized spacial score (nSPS) is 12.0. The number of hydrazine groups is 1. The number of likely N-dealkylation sites (N-methyl/N-ethyl adjacent to an activating group) is 2. The smallest absolute Gasteiger partial charge is 0.348 e. The first-order chi connectivity index (χ1) is 28.1. The maximum absolute atomic E-state index is 13.0. The lowest BCUT2D eigenvalue weighted by Gasteiger charge is -2.36. The largest absolute Gasteiger partial charge is 0.494 e. The standard InChI is InChI=1S/C37H62N4O15S3/c1-7-40(15-18-51-20-22-53-24-25-54-23-21-52-19-17-41(8-2,9-3)16-12-26-58(44,45)46)29-13-14-31(32(27-29)50-6)38-39-35-33(36(42)55-10-4)30(28-59(47,48)49)34(57-35)37(43)56-11-5/h13-14,27,38H,7-12,15-26,28H2,1-6H3,(H2-,39,42,43,44,45,46,47,48,49)/p+1. The molecule has 2 aromatic rings. The molecule has 0 bridgehead atoms. The molecule has 0 saturated heterocycles. The molecule has 0 atom stereocenters. The van der Waals surface area contributed by atoms with E-state index in [0.29, 0.717) is 90.3 Å². The van der Waals surface area contributed by atoms with Crippen LogP contribution in [0.3, 0.4) is 0 Å². The van der Waals surface area contributed by atoms with Crippen LogP contribution >= 0.6 is 11.3 Å². The van der Waals surface area contributed by atoms with Crippen molar-refractivity contribution in [3.8, 4) is 5.75 Å². The zero-order valence-corrected chi connectivity index (χ0v) is 37.4. The second-order valence-electron chi connectivity index (χ2n) is 13.0. The number of rotatable bonds is 33. The van der Waals surface area contributed by atoms with Gasteiger partial charge in [0.2, 0.25) is 0 Å². The van der Waals surface area contributed by atoms with Crippen LogP contribution in [0, 0.1) is 0 Å². The van der Waals surface area contributed by atoms with E-state index in [-0.39, 0.29) is 40.0 Å². The van der Waals surface area contributed by atoms with Gasteiger partial charge in [0.15, 0.2) is 0 Å². The van der Waals surface area contributed by atoms with E-state index in [1.54, 1.807) is 19.9 Å². The van der Waals surface area contributed by atoms with Gasteiger partial charge in [-0.1, -0.05) is 0 Å². The van der Waals surface area contributed by atoms with Gasteiger partial charge in [0.05, 0.1) is 104 Å². The van der Waals surface area contributed by atoms with Crippen LogP contribution in [0.25, 0.3) is 0 Å². The predicted molar refractivity (Wildman–Crippen MR) is 225 cm³/mol. The zero-order chi connectivity index (χ0) is 43.9. The van der Waals surface area contributed by atoms with Crippen molar-refractivity contribution < 1.29 is 73.2 Å². The third-order valence-electron chi connectivity index (χ3n) is 9.22. The SMILES string of the molecule is CCOC(=O)c1sc(NNc2ccc(N(CC)CCOCCOCCOCCOCC[N+](CC)(CC)CCCS(=O)(=O)O)cc2OC)c(C(=O)OCC)c1CS(=O)(=O)O. The topological polar surface area (TPSA) is 235 Å². The Morgan fingerprint density at radius 3 is 1.86 bits per heavy atom. The van der Waals surface area contributed by atoms with Gasteiger partial charge in [-0.05, 0) is 46.8 Å². The molecule has 0 aliphatic carbocycles. The fraction of sp³-hybridized carbons (Fsp3) is 0.676. The van der Waals surface area contributed by atoms with Crippen LogP contribution in [-0.4, -0.2) is 161 Å². The number of nitrogens with one attached hydrogen (secondary N) is 2. The van der Waals surface area contributed by atoms with Crippen molar-refractivity contribution >= 4 is 59.9 Å². The third kappa shape index (κ3) is 18.9. The van der Waals surface area contributed by atoms with E-state index in [0.717, 1.165) is 41.1 Å². The summed E-state index contributed by atoms with van der Waals surface area (Å²) in [5.41, 5.74) is 6.68. The molecule has 0 spiro atoms. The third-order valence-corrected chi connectivity index (χ3v) is 11.8. The fourth-order valence-electron chi connectivity index (χ4n) is 5.97. The number of thiophene rings is 1. The Kier molecular flexibility index (Phi) is 23.5. The van der Waals surface area contributed by atoms with E-state index in [4.69, 9.17) is 37.7 Å². The first-order valence-electron chi connectivity index (χ1n) is 19.6. The number of esters is 2. The average Bonchev–Trinajstić information content (AvgIpc) is 3.54. The fourth-order valence-corrected chi connectivity index (χ4v) is 8.27. The van der Waals surface area contributed by atoms with Crippen LogP contribution in [0.5, 0.6) is 5.75 Å². The number of carbonyl (C=O) groups is 2. The number of nitrogens with zero attached hydrogens (tertiary/aromatic N) is 2. The Morgan fingerprint density at radius 2 is 1.34 bits per heavy atom. The summed E-state index contributed by atoms with van der Waals surface area (Å²) >= 11 is 0.775. The van der Waals surface area contributed by atoms with Gasteiger partial charge in [-0.25, -0.2) is 9.59 Å². The molecule has 0 aliphatic heterocycles. The van der Waals surface area contributed by atoms with E-state index < -0.39 is 37.9 Å². The maximum atomic E-state index is 13.0. The quantitative estimate of drug-likeness (QED) is 0.0261. The number of anilines is 3. The summed E-state index contributed by atoms with van der Waals surface area (Å²) < 4.78 is 104. The summed E-state index contributed by atoms with van der Waals surface area (Å²) in [6, 6.07) is 5.42. The predicted octanol–water partition coefficient (Wildman–Crippen LogP) is 3.96. The minimum atomic E-state index is -4.65.